The number of fused-ring (bicyclic) bond motifs is 2. The average molecular weight is 382 g/mol. The van der Waals surface area contributed by atoms with Gasteiger partial charge in [-0.15, -0.1) is 0 Å². The molecule has 2 heterocycles. The van der Waals surface area contributed by atoms with Crippen LogP contribution < -0.4 is 4.74 Å². The monoisotopic (exact) mass is 381 g/mol. The first-order chi connectivity index (χ1) is 14.4. The van der Waals surface area contributed by atoms with Gasteiger partial charge in [0.25, 0.3) is 0 Å². The third kappa shape index (κ3) is 3.99. The summed E-state index contributed by atoms with van der Waals surface area (Å²) in [6.45, 7) is 1.66. The number of benzene rings is 3. The molecule has 3 aromatic rings. The third-order valence-corrected chi connectivity index (χ3v) is 6.22. The largest absolute Gasteiger partial charge is 0.488 e. The van der Waals surface area contributed by atoms with E-state index in [9.17, 15) is 0 Å². The zero-order valence-corrected chi connectivity index (χ0v) is 16.7. The van der Waals surface area contributed by atoms with Gasteiger partial charge in [0.1, 0.15) is 12.4 Å². The smallest absolute Gasteiger partial charge is 0.127 e. The van der Waals surface area contributed by atoms with E-state index in [4.69, 9.17) is 4.74 Å². The minimum Gasteiger partial charge on any atom is -0.488 e. The molecule has 3 aromatic carbocycles. The van der Waals surface area contributed by atoms with E-state index in [0.29, 0.717) is 18.7 Å². The molecule has 2 aliphatic heterocycles. The van der Waals surface area contributed by atoms with Crippen LogP contribution in [0.4, 0.5) is 0 Å². The molecule has 1 saturated heterocycles. The van der Waals surface area contributed by atoms with Crippen LogP contribution in [0.3, 0.4) is 0 Å². The standard InChI is InChI=1S/C27H27NO/c1-3-9-21(10-4-1)19-28-24-15-16-25(28)18-23(17-24)26-13-7-8-14-27(26)29-20-22-11-5-2-6-12-22/h1-14,17,24-25H,15-16,18-20H2. The number of para-hydroxylation sites is 1. The summed E-state index contributed by atoms with van der Waals surface area (Å²) in [4.78, 5) is 2.69. The van der Waals surface area contributed by atoms with E-state index in [-0.39, 0.29) is 0 Å². The van der Waals surface area contributed by atoms with E-state index < -0.39 is 0 Å². The van der Waals surface area contributed by atoms with Gasteiger partial charge in [0, 0.05) is 24.2 Å². The zero-order valence-electron chi connectivity index (χ0n) is 16.7. The first-order valence-electron chi connectivity index (χ1n) is 10.6. The molecule has 2 nitrogen and oxygen atoms in total. The summed E-state index contributed by atoms with van der Waals surface area (Å²) in [6, 6.07) is 31.0. The maximum atomic E-state index is 6.24. The molecule has 146 valence electrons. The van der Waals surface area contributed by atoms with Crippen molar-refractivity contribution in [2.75, 3.05) is 0 Å². The molecule has 0 aliphatic carbocycles. The Hall–Kier alpha value is -2.84. The van der Waals surface area contributed by atoms with E-state index in [1.165, 1.54) is 35.1 Å². The summed E-state index contributed by atoms with van der Waals surface area (Å²) in [5.41, 5.74) is 5.33. The van der Waals surface area contributed by atoms with Crippen molar-refractivity contribution in [3.05, 3.63) is 108 Å². The highest BCUT2D eigenvalue weighted by Crippen LogP contribution is 2.41. The average Bonchev–Trinajstić information content (AvgIpc) is 3.00. The highest BCUT2D eigenvalue weighted by molar-refractivity contribution is 5.72. The predicted octanol–water partition coefficient (Wildman–Crippen LogP) is 6.09. The van der Waals surface area contributed by atoms with Crippen molar-refractivity contribution in [3.63, 3.8) is 0 Å². The molecule has 0 N–H and O–H groups in total. The highest BCUT2D eigenvalue weighted by atomic mass is 16.5. The molecular weight excluding hydrogens is 354 g/mol. The maximum Gasteiger partial charge on any atom is 0.127 e. The fourth-order valence-electron chi connectivity index (χ4n) is 4.75. The molecular formula is C27H27NO. The van der Waals surface area contributed by atoms with E-state index >= 15 is 0 Å². The first-order valence-corrected chi connectivity index (χ1v) is 10.6. The Kier molecular flexibility index (Phi) is 5.19. The Balaban J connectivity index is 1.35. The van der Waals surface area contributed by atoms with Gasteiger partial charge in [-0.2, -0.15) is 0 Å². The Labute approximate surface area is 173 Å². The lowest BCUT2D eigenvalue weighted by Crippen LogP contribution is -2.37. The van der Waals surface area contributed by atoms with E-state index in [0.717, 1.165) is 18.7 Å². The van der Waals surface area contributed by atoms with Crippen molar-refractivity contribution in [2.24, 2.45) is 0 Å². The molecule has 0 amide bonds. The van der Waals surface area contributed by atoms with Crippen LogP contribution in [-0.4, -0.2) is 17.0 Å². The second-order valence-corrected chi connectivity index (χ2v) is 8.12. The number of hydrogen-bond donors (Lipinski definition) is 0. The minimum absolute atomic E-state index is 0.533. The summed E-state index contributed by atoms with van der Waals surface area (Å²) in [7, 11) is 0. The van der Waals surface area contributed by atoms with Gasteiger partial charge in [-0.3, -0.25) is 4.90 Å². The van der Waals surface area contributed by atoms with Gasteiger partial charge in [0.2, 0.25) is 0 Å². The molecule has 2 heteroatoms. The number of hydrogen-bond acceptors (Lipinski definition) is 2. The molecule has 1 fully saturated rings. The molecule has 0 aromatic heterocycles. The highest BCUT2D eigenvalue weighted by Gasteiger charge is 2.36. The SMILES string of the molecule is C1=C(c2ccccc2OCc2ccccc2)CC2CCC1N2Cc1ccccc1. The van der Waals surface area contributed by atoms with Crippen molar-refractivity contribution < 1.29 is 4.74 Å². The Morgan fingerprint density at radius 3 is 2.21 bits per heavy atom. The number of rotatable bonds is 6. The zero-order chi connectivity index (χ0) is 19.5. The van der Waals surface area contributed by atoms with Crippen LogP contribution >= 0.6 is 0 Å². The second-order valence-electron chi connectivity index (χ2n) is 8.12. The minimum atomic E-state index is 0.533. The molecule has 2 bridgehead atoms. The van der Waals surface area contributed by atoms with Crippen LogP contribution in [0.2, 0.25) is 0 Å². The maximum absolute atomic E-state index is 6.24. The van der Waals surface area contributed by atoms with E-state index in [2.05, 4.69) is 89.8 Å². The first kappa shape index (κ1) is 18.2. The topological polar surface area (TPSA) is 12.5 Å². The van der Waals surface area contributed by atoms with Gasteiger partial charge in [-0.05, 0) is 42.0 Å². The molecule has 2 unspecified atom stereocenters. The summed E-state index contributed by atoms with van der Waals surface area (Å²) < 4.78 is 6.24. The van der Waals surface area contributed by atoms with Crippen LogP contribution in [0.25, 0.3) is 5.57 Å². The van der Waals surface area contributed by atoms with Crippen molar-refractivity contribution >= 4 is 5.57 Å². The number of ether oxygens (including phenoxy) is 1. The summed E-state index contributed by atoms with van der Waals surface area (Å²) >= 11 is 0. The van der Waals surface area contributed by atoms with E-state index in [1.807, 2.05) is 6.07 Å². The molecule has 0 spiro atoms. The Bertz CT molecular complexity index is 980. The van der Waals surface area contributed by atoms with Crippen molar-refractivity contribution in [3.8, 4) is 5.75 Å². The van der Waals surface area contributed by atoms with Crippen LogP contribution in [0.1, 0.15) is 36.0 Å². The van der Waals surface area contributed by atoms with Crippen molar-refractivity contribution in [1.29, 1.82) is 0 Å². The fraction of sp³-hybridized carbons (Fsp3) is 0.259. The molecule has 2 atom stereocenters. The lowest BCUT2D eigenvalue weighted by molar-refractivity contribution is 0.203. The third-order valence-electron chi connectivity index (χ3n) is 6.22. The van der Waals surface area contributed by atoms with Crippen molar-refractivity contribution in [2.45, 2.75) is 44.5 Å². The second kappa shape index (κ2) is 8.26. The lowest BCUT2D eigenvalue weighted by Gasteiger charge is -2.34. The quantitative estimate of drug-likeness (QED) is 0.512. The van der Waals surface area contributed by atoms with Gasteiger partial charge < -0.3 is 4.74 Å². The fourth-order valence-corrected chi connectivity index (χ4v) is 4.75. The van der Waals surface area contributed by atoms with Crippen LogP contribution in [0.5, 0.6) is 5.75 Å². The van der Waals surface area contributed by atoms with Crippen LogP contribution in [0, 0.1) is 0 Å². The van der Waals surface area contributed by atoms with Crippen LogP contribution in [-0.2, 0) is 13.2 Å². The van der Waals surface area contributed by atoms with Crippen LogP contribution in [0.15, 0.2) is 91.0 Å². The molecule has 0 saturated carbocycles. The molecule has 5 rings (SSSR count). The van der Waals surface area contributed by atoms with Crippen molar-refractivity contribution in [1.82, 2.24) is 4.90 Å². The normalized spacial score (nSPS) is 21.0. The van der Waals surface area contributed by atoms with Gasteiger partial charge in [-0.25, -0.2) is 0 Å². The summed E-state index contributed by atoms with van der Waals surface area (Å²) in [5.74, 6) is 0.999. The molecule has 29 heavy (non-hydrogen) atoms. The molecule has 2 aliphatic rings. The van der Waals surface area contributed by atoms with E-state index in [1.54, 1.807) is 0 Å². The predicted molar refractivity (Wildman–Crippen MR) is 119 cm³/mol. The van der Waals surface area contributed by atoms with Gasteiger partial charge in [0.05, 0.1) is 0 Å². The summed E-state index contributed by atoms with van der Waals surface area (Å²) in [5, 5.41) is 0. The Morgan fingerprint density at radius 1 is 0.759 bits per heavy atom. The molecule has 0 radical (unpaired) electrons. The number of nitrogens with zero attached hydrogens (tertiary/aromatic N) is 1. The Morgan fingerprint density at radius 2 is 1.45 bits per heavy atom. The lowest BCUT2D eigenvalue weighted by atomic mass is 9.93. The van der Waals surface area contributed by atoms with Gasteiger partial charge in [-0.1, -0.05) is 84.9 Å². The van der Waals surface area contributed by atoms with Gasteiger partial charge >= 0.3 is 0 Å². The van der Waals surface area contributed by atoms with Gasteiger partial charge in [0.15, 0.2) is 0 Å². The summed E-state index contributed by atoms with van der Waals surface area (Å²) in [6.07, 6.45) is 6.14.